The molecular formula is C14H25N3O2. The summed E-state index contributed by atoms with van der Waals surface area (Å²) in [5, 5.41) is 3.33. The zero-order valence-corrected chi connectivity index (χ0v) is 12.3. The maximum absolute atomic E-state index is 5.98. The van der Waals surface area contributed by atoms with Crippen molar-refractivity contribution in [2.75, 3.05) is 52.5 Å². The molecule has 1 rings (SSSR count). The number of nitrogens with zero attached hydrogens (tertiary/aromatic N) is 1. The second kappa shape index (κ2) is 7.74. The molecule has 1 aromatic carbocycles. The van der Waals surface area contributed by atoms with Gasteiger partial charge in [0.05, 0.1) is 25.6 Å². The number of nitrogen functional groups attached to an aromatic ring is 1. The van der Waals surface area contributed by atoms with Crippen molar-refractivity contribution < 1.29 is 9.47 Å². The van der Waals surface area contributed by atoms with E-state index in [4.69, 9.17) is 15.2 Å². The Labute approximate surface area is 115 Å². The van der Waals surface area contributed by atoms with Gasteiger partial charge in [0, 0.05) is 18.7 Å². The van der Waals surface area contributed by atoms with E-state index in [-0.39, 0.29) is 0 Å². The molecule has 1 aromatic rings. The summed E-state index contributed by atoms with van der Waals surface area (Å²) in [6.07, 6.45) is 2.26. The van der Waals surface area contributed by atoms with Crippen LogP contribution in [0.4, 0.5) is 11.4 Å². The third-order valence-electron chi connectivity index (χ3n) is 2.90. The van der Waals surface area contributed by atoms with Crippen molar-refractivity contribution in [2.45, 2.75) is 12.8 Å². The molecule has 0 aliphatic rings. The predicted molar refractivity (Wildman–Crippen MR) is 80.2 cm³/mol. The average Bonchev–Trinajstić information content (AvgIpc) is 2.39. The third kappa shape index (κ3) is 4.87. The van der Waals surface area contributed by atoms with E-state index in [2.05, 4.69) is 24.3 Å². The molecule has 0 saturated heterocycles. The van der Waals surface area contributed by atoms with Crippen LogP contribution in [-0.4, -0.2) is 46.3 Å². The largest absolute Gasteiger partial charge is 0.493 e. The SMILES string of the molecule is COc1cc(N)c(NCCCCN(C)C)cc1OC. The Morgan fingerprint density at radius 3 is 2.32 bits per heavy atom. The monoisotopic (exact) mass is 267 g/mol. The normalized spacial score (nSPS) is 10.6. The van der Waals surface area contributed by atoms with Crippen molar-refractivity contribution in [3.63, 3.8) is 0 Å². The van der Waals surface area contributed by atoms with E-state index < -0.39 is 0 Å². The van der Waals surface area contributed by atoms with Gasteiger partial charge in [0.1, 0.15) is 0 Å². The molecule has 19 heavy (non-hydrogen) atoms. The van der Waals surface area contributed by atoms with Crippen LogP contribution in [0.3, 0.4) is 0 Å². The Kier molecular flexibility index (Phi) is 6.29. The summed E-state index contributed by atoms with van der Waals surface area (Å²) in [4.78, 5) is 2.19. The average molecular weight is 267 g/mol. The van der Waals surface area contributed by atoms with Crippen molar-refractivity contribution in [3.8, 4) is 11.5 Å². The van der Waals surface area contributed by atoms with Gasteiger partial charge in [-0.3, -0.25) is 0 Å². The fourth-order valence-corrected chi connectivity index (χ4v) is 1.82. The lowest BCUT2D eigenvalue weighted by Gasteiger charge is -2.14. The van der Waals surface area contributed by atoms with Gasteiger partial charge in [-0.1, -0.05) is 0 Å². The van der Waals surface area contributed by atoms with Crippen LogP contribution >= 0.6 is 0 Å². The van der Waals surface area contributed by atoms with Gasteiger partial charge in [-0.2, -0.15) is 0 Å². The molecule has 0 bridgehead atoms. The number of hydrogen-bond donors (Lipinski definition) is 2. The Hall–Kier alpha value is -1.62. The van der Waals surface area contributed by atoms with Gasteiger partial charge in [-0.05, 0) is 33.5 Å². The van der Waals surface area contributed by atoms with Gasteiger partial charge in [0.2, 0.25) is 0 Å². The van der Waals surface area contributed by atoms with Crippen LogP contribution in [-0.2, 0) is 0 Å². The number of nitrogens with one attached hydrogen (secondary N) is 1. The lowest BCUT2D eigenvalue weighted by atomic mass is 10.2. The van der Waals surface area contributed by atoms with Gasteiger partial charge in [-0.15, -0.1) is 0 Å². The van der Waals surface area contributed by atoms with E-state index in [1.807, 2.05) is 6.07 Å². The minimum absolute atomic E-state index is 0.651. The second-order valence-electron chi connectivity index (χ2n) is 4.73. The van der Waals surface area contributed by atoms with Gasteiger partial charge in [0.25, 0.3) is 0 Å². The fourth-order valence-electron chi connectivity index (χ4n) is 1.82. The molecule has 5 heteroatoms. The van der Waals surface area contributed by atoms with Crippen LogP contribution in [0.25, 0.3) is 0 Å². The highest BCUT2D eigenvalue weighted by Crippen LogP contribution is 2.34. The summed E-state index contributed by atoms with van der Waals surface area (Å²) in [6, 6.07) is 3.65. The van der Waals surface area contributed by atoms with Crippen molar-refractivity contribution in [1.82, 2.24) is 4.90 Å². The van der Waals surface area contributed by atoms with Crippen LogP contribution in [0.1, 0.15) is 12.8 Å². The number of unbranched alkanes of at least 4 members (excludes halogenated alkanes) is 1. The Balaban J connectivity index is 2.53. The molecule has 0 saturated carbocycles. The summed E-state index contributed by atoms with van der Waals surface area (Å²) in [6.45, 7) is 2.00. The number of anilines is 2. The van der Waals surface area contributed by atoms with E-state index in [0.717, 1.165) is 31.6 Å². The van der Waals surface area contributed by atoms with E-state index in [1.54, 1.807) is 20.3 Å². The zero-order valence-electron chi connectivity index (χ0n) is 12.3. The number of hydrogen-bond acceptors (Lipinski definition) is 5. The van der Waals surface area contributed by atoms with E-state index in [9.17, 15) is 0 Å². The lowest BCUT2D eigenvalue weighted by Crippen LogP contribution is -2.14. The summed E-state index contributed by atoms with van der Waals surface area (Å²) in [7, 11) is 7.39. The summed E-state index contributed by atoms with van der Waals surface area (Å²) in [5.41, 5.74) is 7.54. The first kappa shape index (κ1) is 15.4. The topological polar surface area (TPSA) is 59.8 Å². The van der Waals surface area contributed by atoms with Gasteiger partial charge < -0.3 is 25.4 Å². The number of rotatable bonds is 8. The Bertz CT molecular complexity index is 395. The number of methoxy groups -OCH3 is 2. The maximum atomic E-state index is 5.98. The Morgan fingerprint density at radius 2 is 1.74 bits per heavy atom. The minimum Gasteiger partial charge on any atom is -0.493 e. The summed E-state index contributed by atoms with van der Waals surface area (Å²) >= 11 is 0. The smallest absolute Gasteiger partial charge is 0.162 e. The number of ether oxygens (including phenoxy) is 2. The maximum Gasteiger partial charge on any atom is 0.162 e. The quantitative estimate of drug-likeness (QED) is 0.557. The summed E-state index contributed by atoms with van der Waals surface area (Å²) in [5.74, 6) is 1.34. The molecule has 3 N–H and O–H groups in total. The van der Waals surface area contributed by atoms with Crippen LogP contribution < -0.4 is 20.5 Å². The van der Waals surface area contributed by atoms with E-state index in [1.165, 1.54) is 0 Å². The molecule has 108 valence electrons. The van der Waals surface area contributed by atoms with Crippen molar-refractivity contribution in [3.05, 3.63) is 12.1 Å². The molecule has 0 fully saturated rings. The zero-order chi connectivity index (χ0) is 14.3. The van der Waals surface area contributed by atoms with Crippen LogP contribution in [0.5, 0.6) is 11.5 Å². The molecule has 0 heterocycles. The first-order chi connectivity index (χ1) is 9.08. The molecule has 0 radical (unpaired) electrons. The standard InChI is InChI=1S/C14H25N3O2/c1-17(2)8-6-5-7-16-12-10-14(19-4)13(18-3)9-11(12)15/h9-10,16H,5-8,15H2,1-4H3. The van der Waals surface area contributed by atoms with Crippen LogP contribution in [0.2, 0.25) is 0 Å². The Morgan fingerprint density at radius 1 is 1.11 bits per heavy atom. The number of benzene rings is 1. The molecule has 0 spiro atoms. The molecule has 0 aromatic heterocycles. The summed E-state index contributed by atoms with van der Waals surface area (Å²) < 4.78 is 10.5. The van der Waals surface area contributed by atoms with Gasteiger partial charge in [-0.25, -0.2) is 0 Å². The van der Waals surface area contributed by atoms with Crippen LogP contribution in [0, 0.1) is 0 Å². The molecule has 0 aliphatic heterocycles. The fraction of sp³-hybridized carbons (Fsp3) is 0.571. The molecule has 0 aliphatic carbocycles. The highest BCUT2D eigenvalue weighted by molar-refractivity contribution is 5.71. The molecule has 0 unspecified atom stereocenters. The van der Waals surface area contributed by atoms with E-state index in [0.29, 0.717) is 17.2 Å². The molecule has 5 nitrogen and oxygen atoms in total. The second-order valence-corrected chi connectivity index (χ2v) is 4.73. The highest BCUT2D eigenvalue weighted by Gasteiger charge is 2.08. The molecule has 0 atom stereocenters. The van der Waals surface area contributed by atoms with Crippen molar-refractivity contribution >= 4 is 11.4 Å². The lowest BCUT2D eigenvalue weighted by molar-refractivity contribution is 0.355. The van der Waals surface area contributed by atoms with Gasteiger partial charge in [0.15, 0.2) is 11.5 Å². The molecule has 0 amide bonds. The van der Waals surface area contributed by atoms with Crippen molar-refractivity contribution in [1.29, 1.82) is 0 Å². The molecular weight excluding hydrogens is 242 g/mol. The highest BCUT2D eigenvalue weighted by atomic mass is 16.5. The minimum atomic E-state index is 0.651. The van der Waals surface area contributed by atoms with E-state index >= 15 is 0 Å². The van der Waals surface area contributed by atoms with Crippen LogP contribution in [0.15, 0.2) is 12.1 Å². The van der Waals surface area contributed by atoms with Gasteiger partial charge >= 0.3 is 0 Å². The number of nitrogens with two attached hydrogens (primary N) is 1. The third-order valence-corrected chi connectivity index (χ3v) is 2.90. The van der Waals surface area contributed by atoms with Crippen molar-refractivity contribution in [2.24, 2.45) is 0 Å². The predicted octanol–water partition coefficient (Wildman–Crippen LogP) is 2.04. The first-order valence-corrected chi connectivity index (χ1v) is 6.48. The first-order valence-electron chi connectivity index (χ1n) is 6.48.